The molecule has 2 heterocycles. The number of carboxylic acids is 1. The summed E-state index contributed by atoms with van der Waals surface area (Å²) in [4.78, 5) is 28.0. The lowest BCUT2D eigenvalue weighted by molar-refractivity contribution is -0.160. The molecule has 6 nitrogen and oxygen atoms in total. The molecule has 1 atom stereocenters. The molecule has 2 rings (SSSR count). The second-order valence-electron chi connectivity index (χ2n) is 3.63. The Morgan fingerprint density at radius 3 is 2.94 bits per heavy atom. The SMILES string of the molecule is CN1C(=O)C(C)(C(=O)O)Oc2cccnc21. The molecule has 0 aliphatic carbocycles. The number of rotatable bonds is 1. The van der Waals surface area contributed by atoms with Gasteiger partial charge in [-0.05, 0) is 19.1 Å². The van der Waals surface area contributed by atoms with Crippen LogP contribution in [0.15, 0.2) is 18.3 Å². The summed E-state index contributed by atoms with van der Waals surface area (Å²) in [6, 6.07) is 3.19. The van der Waals surface area contributed by atoms with Crippen LogP contribution >= 0.6 is 0 Å². The highest BCUT2D eigenvalue weighted by Gasteiger charge is 2.50. The average Bonchev–Trinajstić information content (AvgIpc) is 2.26. The number of hydrogen-bond donors (Lipinski definition) is 1. The zero-order valence-corrected chi connectivity index (χ0v) is 8.80. The van der Waals surface area contributed by atoms with Gasteiger partial charge in [-0.2, -0.15) is 0 Å². The number of aliphatic carboxylic acids is 1. The van der Waals surface area contributed by atoms with Gasteiger partial charge in [0.2, 0.25) is 0 Å². The van der Waals surface area contributed by atoms with Crippen LogP contribution in [0.1, 0.15) is 6.92 Å². The summed E-state index contributed by atoms with van der Waals surface area (Å²) in [5, 5.41) is 9.02. The van der Waals surface area contributed by atoms with E-state index in [-0.39, 0.29) is 5.75 Å². The Morgan fingerprint density at radius 1 is 1.62 bits per heavy atom. The molecule has 0 spiro atoms. The van der Waals surface area contributed by atoms with Crippen LogP contribution in [0.5, 0.6) is 5.75 Å². The van der Waals surface area contributed by atoms with Crippen molar-refractivity contribution in [2.75, 3.05) is 11.9 Å². The van der Waals surface area contributed by atoms with Crippen LogP contribution in [0.25, 0.3) is 0 Å². The first-order valence-corrected chi connectivity index (χ1v) is 4.62. The van der Waals surface area contributed by atoms with Crippen molar-refractivity contribution in [1.82, 2.24) is 4.98 Å². The van der Waals surface area contributed by atoms with Gasteiger partial charge < -0.3 is 9.84 Å². The lowest BCUT2D eigenvalue weighted by atomic mass is 10.0. The molecule has 1 aromatic rings. The second kappa shape index (κ2) is 3.19. The van der Waals surface area contributed by atoms with E-state index in [0.29, 0.717) is 5.82 Å². The minimum atomic E-state index is -1.88. The number of aromatic nitrogens is 1. The Bertz CT molecular complexity index is 474. The molecule has 84 valence electrons. The number of nitrogens with zero attached hydrogens (tertiary/aromatic N) is 2. The Kier molecular flexibility index (Phi) is 2.08. The highest BCUT2D eigenvalue weighted by atomic mass is 16.5. The first kappa shape index (κ1) is 10.4. The maximum Gasteiger partial charge on any atom is 0.357 e. The van der Waals surface area contributed by atoms with E-state index in [2.05, 4.69) is 4.98 Å². The molecule has 1 aliphatic heterocycles. The van der Waals surface area contributed by atoms with Crippen molar-refractivity contribution < 1.29 is 19.4 Å². The summed E-state index contributed by atoms with van der Waals surface area (Å²) in [5.41, 5.74) is -1.88. The standard InChI is InChI=1S/C10H10N2O4/c1-10(9(14)15)8(13)12(2)7-6(16-10)4-3-5-11-7/h3-5H,1-2H3,(H,14,15). The van der Waals surface area contributed by atoms with Crippen LogP contribution in [0, 0.1) is 0 Å². The molecule has 1 unspecified atom stereocenters. The molecule has 0 saturated carbocycles. The Morgan fingerprint density at radius 2 is 2.31 bits per heavy atom. The summed E-state index contributed by atoms with van der Waals surface area (Å²) in [6.45, 7) is 1.23. The van der Waals surface area contributed by atoms with Gasteiger partial charge in [-0.15, -0.1) is 0 Å². The molecule has 0 radical (unpaired) electrons. The van der Waals surface area contributed by atoms with Crippen LogP contribution < -0.4 is 9.64 Å². The Hall–Kier alpha value is -2.11. The number of carboxylic acid groups (broad SMARTS) is 1. The minimum Gasteiger partial charge on any atom is -0.478 e. The number of carbonyl (C=O) groups excluding carboxylic acids is 1. The molecule has 1 amide bonds. The van der Waals surface area contributed by atoms with Crippen LogP contribution in [0.3, 0.4) is 0 Å². The maximum absolute atomic E-state index is 11.8. The van der Waals surface area contributed by atoms with Crippen molar-refractivity contribution in [3.05, 3.63) is 18.3 Å². The van der Waals surface area contributed by atoms with Crippen LogP contribution in [-0.4, -0.2) is 34.6 Å². The number of anilines is 1. The van der Waals surface area contributed by atoms with Crippen molar-refractivity contribution in [2.45, 2.75) is 12.5 Å². The van der Waals surface area contributed by atoms with Crippen LogP contribution in [0.4, 0.5) is 5.82 Å². The van der Waals surface area contributed by atoms with Crippen molar-refractivity contribution in [3.63, 3.8) is 0 Å². The summed E-state index contributed by atoms with van der Waals surface area (Å²) >= 11 is 0. The predicted molar refractivity (Wildman–Crippen MR) is 54.3 cm³/mol. The van der Waals surface area contributed by atoms with E-state index in [9.17, 15) is 9.59 Å². The lowest BCUT2D eigenvalue weighted by Crippen LogP contribution is -2.58. The molecule has 0 bridgehead atoms. The van der Waals surface area contributed by atoms with Gasteiger partial charge in [0, 0.05) is 13.2 Å². The average molecular weight is 222 g/mol. The molecule has 6 heteroatoms. The third-order valence-electron chi connectivity index (χ3n) is 2.50. The lowest BCUT2D eigenvalue weighted by Gasteiger charge is -2.35. The second-order valence-corrected chi connectivity index (χ2v) is 3.63. The topological polar surface area (TPSA) is 79.7 Å². The van der Waals surface area contributed by atoms with Crippen LogP contribution in [0.2, 0.25) is 0 Å². The number of carbonyl (C=O) groups is 2. The fraction of sp³-hybridized carbons (Fsp3) is 0.300. The van der Waals surface area contributed by atoms with Gasteiger partial charge in [0.25, 0.3) is 11.5 Å². The molecule has 0 fully saturated rings. The van der Waals surface area contributed by atoms with E-state index in [0.717, 1.165) is 0 Å². The zero-order chi connectivity index (χ0) is 11.9. The number of likely N-dealkylation sites (N-methyl/N-ethyl adjacent to an activating group) is 1. The summed E-state index contributed by atoms with van der Waals surface area (Å²) in [5.74, 6) is -1.36. The maximum atomic E-state index is 11.8. The van der Waals surface area contributed by atoms with E-state index in [1.807, 2.05) is 0 Å². The van der Waals surface area contributed by atoms with Crippen molar-refractivity contribution >= 4 is 17.7 Å². The fourth-order valence-corrected chi connectivity index (χ4v) is 1.53. The number of hydrogen-bond acceptors (Lipinski definition) is 4. The number of fused-ring (bicyclic) bond motifs is 1. The van der Waals surface area contributed by atoms with Gasteiger partial charge in [0.15, 0.2) is 11.6 Å². The van der Waals surface area contributed by atoms with E-state index in [4.69, 9.17) is 9.84 Å². The van der Waals surface area contributed by atoms with E-state index in [1.54, 1.807) is 12.1 Å². The molecular formula is C10H10N2O4. The summed E-state index contributed by atoms with van der Waals surface area (Å²) in [6.07, 6.45) is 1.51. The largest absolute Gasteiger partial charge is 0.478 e. The predicted octanol–water partition coefficient (Wildman–Crippen LogP) is 0.280. The summed E-state index contributed by atoms with van der Waals surface area (Å²) < 4.78 is 5.21. The van der Waals surface area contributed by atoms with E-state index >= 15 is 0 Å². The fourth-order valence-electron chi connectivity index (χ4n) is 1.53. The molecule has 16 heavy (non-hydrogen) atoms. The minimum absolute atomic E-state index is 0.287. The van der Waals surface area contributed by atoms with Gasteiger partial charge >= 0.3 is 5.97 Å². The van der Waals surface area contributed by atoms with Gasteiger partial charge in [-0.25, -0.2) is 9.78 Å². The zero-order valence-electron chi connectivity index (χ0n) is 8.80. The Balaban J connectivity index is 2.55. The van der Waals surface area contributed by atoms with Crippen molar-refractivity contribution in [1.29, 1.82) is 0 Å². The number of ether oxygens (including phenoxy) is 1. The first-order valence-electron chi connectivity index (χ1n) is 4.62. The third kappa shape index (κ3) is 1.23. The number of amides is 1. The van der Waals surface area contributed by atoms with E-state index < -0.39 is 17.5 Å². The van der Waals surface area contributed by atoms with Gasteiger partial charge in [0.05, 0.1) is 0 Å². The Labute approximate surface area is 91.5 Å². The normalized spacial score (nSPS) is 23.6. The molecule has 0 saturated heterocycles. The van der Waals surface area contributed by atoms with Crippen molar-refractivity contribution in [2.24, 2.45) is 0 Å². The van der Waals surface area contributed by atoms with Crippen LogP contribution in [-0.2, 0) is 9.59 Å². The third-order valence-corrected chi connectivity index (χ3v) is 2.50. The molecule has 1 aromatic heterocycles. The smallest absolute Gasteiger partial charge is 0.357 e. The molecule has 1 aliphatic rings. The van der Waals surface area contributed by atoms with Gasteiger partial charge in [0.1, 0.15) is 0 Å². The molecular weight excluding hydrogens is 212 g/mol. The quantitative estimate of drug-likeness (QED) is 0.690. The molecule has 1 N–H and O–H groups in total. The van der Waals surface area contributed by atoms with Crippen molar-refractivity contribution in [3.8, 4) is 5.75 Å². The molecule has 0 aromatic carbocycles. The van der Waals surface area contributed by atoms with E-state index in [1.165, 1.54) is 25.1 Å². The highest BCUT2D eigenvalue weighted by molar-refractivity contribution is 6.13. The summed E-state index contributed by atoms with van der Waals surface area (Å²) in [7, 11) is 1.47. The monoisotopic (exact) mass is 222 g/mol. The van der Waals surface area contributed by atoms with Gasteiger partial charge in [-0.3, -0.25) is 9.69 Å². The first-order chi connectivity index (χ1) is 7.47. The highest BCUT2D eigenvalue weighted by Crippen LogP contribution is 2.34. The number of pyridine rings is 1. The van der Waals surface area contributed by atoms with Gasteiger partial charge in [-0.1, -0.05) is 0 Å².